The van der Waals surface area contributed by atoms with E-state index >= 15 is 0 Å². The maximum absolute atomic E-state index is 12.4. The third-order valence-electron chi connectivity index (χ3n) is 4.17. The van der Waals surface area contributed by atoms with Gasteiger partial charge in [-0.15, -0.1) is 16.8 Å². The van der Waals surface area contributed by atoms with Crippen molar-refractivity contribution < 1.29 is 9.53 Å². The lowest BCUT2D eigenvalue weighted by Crippen LogP contribution is -2.16. The van der Waals surface area contributed by atoms with Crippen molar-refractivity contribution in [3.8, 4) is 17.1 Å². The van der Waals surface area contributed by atoms with E-state index in [2.05, 4.69) is 27.1 Å². The summed E-state index contributed by atoms with van der Waals surface area (Å²) in [5.74, 6) is 1.41. The van der Waals surface area contributed by atoms with E-state index in [0.717, 1.165) is 5.56 Å². The van der Waals surface area contributed by atoms with Crippen LogP contribution in [0, 0.1) is 6.92 Å². The molecular formula is C20H19Cl2N5O2S. The Kier molecular flexibility index (Phi) is 7.36. The first kappa shape index (κ1) is 22.1. The van der Waals surface area contributed by atoms with E-state index in [0.29, 0.717) is 38.9 Å². The number of hydrogen-bond donors (Lipinski definition) is 1. The Balaban J connectivity index is 1.77. The van der Waals surface area contributed by atoms with Gasteiger partial charge in [-0.1, -0.05) is 53.2 Å². The topological polar surface area (TPSA) is 81.9 Å². The van der Waals surface area contributed by atoms with Crippen molar-refractivity contribution in [3.05, 3.63) is 58.7 Å². The number of pyridine rings is 1. The zero-order valence-electron chi connectivity index (χ0n) is 16.4. The van der Waals surface area contributed by atoms with Crippen LogP contribution in [0.4, 0.5) is 5.82 Å². The lowest BCUT2D eigenvalue weighted by Gasteiger charge is -2.11. The van der Waals surface area contributed by atoms with E-state index < -0.39 is 0 Å². The highest BCUT2D eigenvalue weighted by molar-refractivity contribution is 7.99. The number of rotatable bonds is 8. The highest BCUT2D eigenvalue weighted by Crippen LogP contribution is 2.31. The molecule has 0 aliphatic rings. The summed E-state index contributed by atoms with van der Waals surface area (Å²) in [7, 11) is 1.60. The fraction of sp³-hybridized carbons (Fsp3) is 0.200. The van der Waals surface area contributed by atoms with Crippen molar-refractivity contribution in [2.75, 3.05) is 18.2 Å². The van der Waals surface area contributed by atoms with Gasteiger partial charge in [0.2, 0.25) is 5.91 Å². The molecule has 0 saturated carbocycles. The molecule has 1 aromatic carbocycles. The fourth-order valence-electron chi connectivity index (χ4n) is 2.66. The average molecular weight is 464 g/mol. The molecule has 0 fully saturated rings. The number of hydrogen-bond acceptors (Lipinski definition) is 6. The second kappa shape index (κ2) is 9.97. The third kappa shape index (κ3) is 4.77. The van der Waals surface area contributed by atoms with Gasteiger partial charge in [0.15, 0.2) is 16.8 Å². The number of amides is 1. The first-order chi connectivity index (χ1) is 14.5. The molecule has 1 N–H and O–H groups in total. The van der Waals surface area contributed by atoms with Gasteiger partial charge in [-0.05, 0) is 24.6 Å². The molecule has 3 aromatic rings. The lowest BCUT2D eigenvalue weighted by atomic mass is 10.2. The Morgan fingerprint density at radius 3 is 2.83 bits per heavy atom. The predicted octanol–water partition coefficient (Wildman–Crippen LogP) is 4.88. The van der Waals surface area contributed by atoms with Crippen molar-refractivity contribution >= 4 is 46.7 Å². The number of methoxy groups -OCH3 is 1. The van der Waals surface area contributed by atoms with Gasteiger partial charge in [0.05, 0.1) is 28.5 Å². The molecule has 0 radical (unpaired) electrons. The summed E-state index contributed by atoms with van der Waals surface area (Å²) < 4.78 is 7.30. The Bertz CT molecular complexity index is 1090. The number of thioether (sulfide) groups is 1. The maximum atomic E-state index is 12.4. The molecule has 0 atom stereocenters. The number of benzene rings is 1. The smallest absolute Gasteiger partial charge is 0.236 e. The number of carbonyl (C=O) groups excluding carboxylic acids is 1. The highest BCUT2D eigenvalue weighted by Gasteiger charge is 2.18. The summed E-state index contributed by atoms with van der Waals surface area (Å²) in [5, 5.41) is 12.6. The van der Waals surface area contributed by atoms with Gasteiger partial charge >= 0.3 is 0 Å². The molecule has 10 heteroatoms. The van der Waals surface area contributed by atoms with Crippen LogP contribution < -0.4 is 10.1 Å². The second-order valence-corrected chi connectivity index (χ2v) is 7.86. The summed E-state index contributed by atoms with van der Waals surface area (Å²) in [6.45, 7) is 6.04. The molecule has 30 heavy (non-hydrogen) atoms. The van der Waals surface area contributed by atoms with E-state index in [1.54, 1.807) is 20.1 Å². The van der Waals surface area contributed by atoms with Crippen molar-refractivity contribution in [3.63, 3.8) is 0 Å². The van der Waals surface area contributed by atoms with Gasteiger partial charge in [0.1, 0.15) is 5.75 Å². The Labute approximate surface area is 188 Å². The minimum atomic E-state index is -0.275. The molecule has 0 aliphatic heterocycles. The normalized spacial score (nSPS) is 10.7. The van der Waals surface area contributed by atoms with Crippen LogP contribution >= 0.6 is 35.0 Å². The van der Waals surface area contributed by atoms with E-state index in [-0.39, 0.29) is 17.5 Å². The van der Waals surface area contributed by atoms with Crippen LogP contribution in [0.15, 0.2) is 48.3 Å². The quantitative estimate of drug-likeness (QED) is 0.378. The van der Waals surface area contributed by atoms with Crippen molar-refractivity contribution in [1.29, 1.82) is 0 Å². The second-order valence-electron chi connectivity index (χ2n) is 6.14. The lowest BCUT2D eigenvalue weighted by molar-refractivity contribution is -0.113. The van der Waals surface area contributed by atoms with E-state index in [1.165, 1.54) is 18.0 Å². The standard InChI is InChI=1S/C20H19Cl2N5O2S/c1-4-9-27-19(13-7-5-6-8-15(13)29-3)25-26-20(27)30-11-16(28)24-18-17(22)12(2)14(21)10-23-18/h4-8,10H,1,9,11H2,2-3H3,(H,23,24,28). The SMILES string of the molecule is C=CCn1c(SCC(=O)Nc2ncc(Cl)c(C)c2Cl)nnc1-c1ccccc1OC. The number of nitrogens with one attached hydrogen (secondary N) is 1. The number of aromatic nitrogens is 4. The first-order valence-corrected chi connectivity index (χ1v) is 10.6. The first-order valence-electron chi connectivity index (χ1n) is 8.87. The number of para-hydroxylation sites is 1. The van der Waals surface area contributed by atoms with Crippen molar-refractivity contribution in [1.82, 2.24) is 19.7 Å². The van der Waals surface area contributed by atoms with Gasteiger partial charge in [-0.25, -0.2) is 4.98 Å². The highest BCUT2D eigenvalue weighted by atomic mass is 35.5. The van der Waals surface area contributed by atoms with E-state index in [4.69, 9.17) is 27.9 Å². The van der Waals surface area contributed by atoms with Crippen LogP contribution in [0.5, 0.6) is 5.75 Å². The molecule has 2 aromatic heterocycles. The Morgan fingerprint density at radius 2 is 2.10 bits per heavy atom. The molecule has 1 amide bonds. The summed E-state index contributed by atoms with van der Waals surface area (Å²) in [4.78, 5) is 16.5. The van der Waals surface area contributed by atoms with Gasteiger partial charge in [0, 0.05) is 12.7 Å². The monoisotopic (exact) mass is 463 g/mol. The largest absolute Gasteiger partial charge is 0.496 e. The van der Waals surface area contributed by atoms with Crippen LogP contribution in [-0.2, 0) is 11.3 Å². The average Bonchev–Trinajstić information content (AvgIpc) is 3.15. The van der Waals surface area contributed by atoms with Crippen LogP contribution in [0.25, 0.3) is 11.4 Å². The van der Waals surface area contributed by atoms with Gasteiger partial charge < -0.3 is 10.1 Å². The van der Waals surface area contributed by atoms with E-state index in [9.17, 15) is 4.79 Å². The number of allylic oxidation sites excluding steroid dienone is 1. The Hall–Kier alpha value is -2.55. The maximum Gasteiger partial charge on any atom is 0.236 e. The predicted molar refractivity (Wildman–Crippen MR) is 121 cm³/mol. The molecule has 2 heterocycles. The van der Waals surface area contributed by atoms with Crippen LogP contribution in [0.2, 0.25) is 10.0 Å². The van der Waals surface area contributed by atoms with Crippen LogP contribution in [0.3, 0.4) is 0 Å². The summed E-state index contributed by atoms with van der Waals surface area (Å²) in [5.41, 5.74) is 1.46. The summed E-state index contributed by atoms with van der Waals surface area (Å²) in [6, 6.07) is 7.54. The number of anilines is 1. The van der Waals surface area contributed by atoms with Crippen LogP contribution in [0.1, 0.15) is 5.56 Å². The number of ether oxygens (including phenoxy) is 1. The zero-order chi connectivity index (χ0) is 21.7. The van der Waals surface area contributed by atoms with Gasteiger partial charge in [-0.2, -0.15) is 0 Å². The fourth-order valence-corrected chi connectivity index (χ4v) is 3.80. The van der Waals surface area contributed by atoms with Crippen LogP contribution in [-0.4, -0.2) is 38.5 Å². The third-order valence-corrected chi connectivity index (χ3v) is 5.98. The number of halogens is 2. The molecule has 0 saturated heterocycles. The molecule has 0 bridgehead atoms. The minimum absolute atomic E-state index is 0.0981. The van der Waals surface area contributed by atoms with Crippen molar-refractivity contribution in [2.45, 2.75) is 18.6 Å². The molecule has 7 nitrogen and oxygen atoms in total. The Morgan fingerprint density at radius 1 is 1.33 bits per heavy atom. The number of nitrogens with zero attached hydrogens (tertiary/aromatic N) is 4. The molecule has 0 spiro atoms. The van der Waals surface area contributed by atoms with E-state index in [1.807, 2.05) is 28.8 Å². The summed E-state index contributed by atoms with van der Waals surface area (Å²) >= 11 is 13.4. The molecule has 0 unspecified atom stereocenters. The van der Waals surface area contributed by atoms with Gasteiger partial charge in [-0.3, -0.25) is 9.36 Å². The molecule has 156 valence electrons. The molecular weight excluding hydrogens is 445 g/mol. The van der Waals surface area contributed by atoms with Crippen molar-refractivity contribution in [2.24, 2.45) is 0 Å². The molecule has 3 rings (SSSR count). The number of carbonyl (C=O) groups is 1. The van der Waals surface area contributed by atoms with Gasteiger partial charge in [0.25, 0.3) is 0 Å². The zero-order valence-corrected chi connectivity index (χ0v) is 18.7. The summed E-state index contributed by atoms with van der Waals surface area (Å²) in [6.07, 6.45) is 3.19. The molecule has 0 aliphatic carbocycles. The minimum Gasteiger partial charge on any atom is -0.496 e.